The standard InChI is InChI=1S/C17H20N4O2S/c1-11-10-21-16(18-11)24-17(19-21)20-8-4-5-14(20)13-9-12(22-2)6-7-15(13)23-3/h6-7,9-10,14H,4-5,8H2,1-3H3/t14-/m0/s1. The molecule has 1 atom stereocenters. The molecule has 24 heavy (non-hydrogen) atoms. The highest BCUT2D eigenvalue weighted by atomic mass is 32.1. The molecule has 0 aliphatic carbocycles. The minimum atomic E-state index is 0.243. The summed E-state index contributed by atoms with van der Waals surface area (Å²) in [7, 11) is 3.40. The van der Waals surface area contributed by atoms with Crippen molar-refractivity contribution in [3.63, 3.8) is 0 Å². The lowest BCUT2D eigenvalue weighted by Crippen LogP contribution is -2.23. The van der Waals surface area contributed by atoms with Gasteiger partial charge in [0.15, 0.2) is 0 Å². The summed E-state index contributed by atoms with van der Waals surface area (Å²) in [6.07, 6.45) is 4.17. The van der Waals surface area contributed by atoms with Gasteiger partial charge in [0.05, 0.1) is 32.2 Å². The Morgan fingerprint density at radius 3 is 2.88 bits per heavy atom. The lowest BCUT2D eigenvalue weighted by atomic mass is 10.0. The molecule has 1 fully saturated rings. The highest BCUT2D eigenvalue weighted by molar-refractivity contribution is 7.20. The molecule has 7 heteroatoms. The predicted octanol–water partition coefficient (Wildman–Crippen LogP) is 3.46. The first-order chi connectivity index (χ1) is 11.7. The molecule has 0 N–H and O–H groups in total. The van der Waals surface area contributed by atoms with Gasteiger partial charge in [0.25, 0.3) is 0 Å². The molecule has 0 amide bonds. The maximum Gasteiger partial charge on any atom is 0.214 e. The summed E-state index contributed by atoms with van der Waals surface area (Å²) in [4.78, 5) is 7.80. The van der Waals surface area contributed by atoms with E-state index in [1.807, 2.05) is 29.8 Å². The van der Waals surface area contributed by atoms with Crippen LogP contribution in [0.25, 0.3) is 4.96 Å². The van der Waals surface area contributed by atoms with Crippen LogP contribution in [0.15, 0.2) is 24.4 Å². The maximum atomic E-state index is 5.58. The summed E-state index contributed by atoms with van der Waals surface area (Å²) >= 11 is 1.63. The van der Waals surface area contributed by atoms with Crippen LogP contribution in [0.4, 0.5) is 5.13 Å². The second-order valence-corrected chi connectivity index (χ2v) is 6.89. The second-order valence-electron chi connectivity index (χ2n) is 5.95. The van der Waals surface area contributed by atoms with Crippen LogP contribution in [-0.4, -0.2) is 35.4 Å². The van der Waals surface area contributed by atoms with E-state index in [1.165, 1.54) is 0 Å². The molecular weight excluding hydrogens is 324 g/mol. The number of methoxy groups -OCH3 is 2. The Hall–Kier alpha value is -2.28. The van der Waals surface area contributed by atoms with Crippen molar-refractivity contribution in [1.29, 1.82) is 0 Å². The molecule has 0 spiro atoms. The number of hydrogen-bond donors (Lipinski definition) is 0. The van der Waals surface area contributed by atoms with E-state index in [-0.39, 0.29) is 6.04 Å². The van der Waals surface area contributed by atoms with Crippen LogP contribution in [0.5, 0.6) is 11.5 Å². The van der Waals surface area contributed by atoms with Gasteiger partial charge in [-0.2, -0.15) is 0 Å². The highest BCUT2D eigenvalue weighted by Crippen LogP contribution is 2.42. The van der Waals surface area contributed by atoms with Crippen molar-refractivity contribution >= 4 is 21.4 Å². The molecule has 1 aliphatic heterocycles. The molecule has 3 aromatic rings. The number of benzene rings is 1. The van der Waals surface area contributed by atoms with Gasteiger partial charge in [0, 0.05) is 12.1 Å². The minimum Gasteiger partial charge on any atom is -0.497 e. The molecule has 4 rings (SSSR count). The number of ether oxygens (including phenoxy) is 2. The zero-order valence-corrected chi connectivity index (χ0v) is 14.8. The lowest BCUT2D eigenvalue weighted by Gasteiger charge is -2.25. The fraction of sp³-hybridized carbons (Fsp3) is 0.412. The summed E-state index contributed by atoms with van der Waals surface area (Å²) in [5.74, 6) is 1.74. The van der Waals surface area contributed by atoms with Crippen molar-refractivity contribution in [1.82, 2.24) is 14.6 Å². The number of hydrogen-bond acceptors (Lipinski definition) is 6. The molecular formula is C17H20N4O2S. The van der Waals surface area contributed by atoms with E-state index < -0.39 is 0 Å². The van der Waals surface area contributed by atoms with E-state index in [0.29, 0.717) is 0 Å². The van der Waals surface area contributed by atoms with Gasteiger partial charge in [-0.3, -0.25) is 0 Å². The number of anilines is 1. The van der Waals surface area contributed by atoms with Gasteiger partial charge in [0.1, 0.15) is 11.5 Å². The van der Waals surface area contributed by atoms with Crippen molar-refractivity contribution in [2.24, 2.45) is 0 Å². The van der Waals surface area contributed by atoms with Gasteiger partial charge in [0.2, 0.25) is 10.1 Å². The van der Waals surface area contributed by atoms with E-state index in [0.717, 1.165) is 52.2 Å². The predicted molar refractivity (Wildman–Crippen MR) is 94.5 cm³/mol. The normalized spacial score (nSPS) is 17.6. The largest absolute Gasteiger partial charge is 0.497 e. The summed E-state index contributed by atoms with van der Waals surface area (Å²) in [6, 6.07) is 6.22. The lowest BCUT2D eigenvalue weighted by molar-refractivity contribution is 0.395. The number of imidazole rings is 1. The van der Waals surface area contributed by atoms with Crippen molar-refractivity contribution in [2.75, 3.05) is 25.7 Å². The molecule has 126 valence electrons. The van der Waals surface area contributed by atoms with E-state index in [1.54, 1.807) is 25.6 Å². The van der Waals surface area contributed by atoms with Crippen LogP contribution < -0.4 is 14.4 Å². The third-order valence-corrected chi connectivity index (χ3v) is 5.41. The monoisotopic (exact) mass is 344 g/mol. The Labute approximate surface area is 144 Å². The fourth-order valence-electron chi connectivity index (χ4n) is 3.33. The molecule has 1 aliphatic rings. The first-order valence-corrected chi connectivity index (χ1v) is 8.82. The summed E-state index contributed by atoms with van der Waals surface area (Å²) in [6.45, 7) is 2.97. The van der Waals surface area contributed by atoms with E-state index in [4.69, 9.17) is 14.6 Å². The topological polar surface area (TPSA) is 51.9 Å². The molecule has 1 aromatic carbocycles. The smallest absolute Gasteiger partial charge is 0.214 e. The van der Waals surface area contributed by atoms with Crippen molar-refractivity contribution < 1.29 is 9.47 Å². The molecule has 2 aromatic heterocycles. The van der Waals surface area contributed by atoms with Crippen LogP contribution in [0, 0.1) is 6.92 Å². The van der Waals surface area contributed by atoms with E-state index >= 15 is 0 Å². The molecule has 1 saturated heterocycles. The van der Waals surface area contributed by atoms with E-state index in [2.05, 4.69) is 16.0 Å². The van der Waals surface area contributed by atoms with Gasteiger partial charge < -0.3 is 14.4 Å². The van der Waals surface area contributed by atoms with Crippen molar-refractivity contribution in [3.8, 4) is 11.5 Å². The molecule has 0 saturated carbocycles. The quantitative estimate of drug-likeness (QED) is 0.725. The zero-order chi connectivity index (χ0) is 16.7. The van der Waals surface area contributed by atoms with Crippen molar-refractivity contribution in [2.45, 2.75) is 25.8 Å². The van der Waals surface area contributed by atoms with Crippen LogP contribution in [0.3, 0.4) is 0 Å². The summed E-state index contributed by atoms with van der Waals surface area (Å²) < 4.78 is 12.9. The van der Waals surface area contributed by atoms with Crippen LogP contribution in [0.2, 0.25) is 0 Å². The van der Waals surface area contributed by atoms with Crippen molar-refractivity contribution in [3.05, 3.63) is 35.7 Å². The van der Waals surface area contributed by atoms with Crippen LogP contribution in [-0.2, 0) is 0 Å². The maximum absolute atomic E-state index is 5.58. The Bertz CT molecular complexity index is 841. The molecule has 0 radical (unpaired) electrons. The molecule has 6 nitrogen and oxygen atoms in total. The molecule has 0 unspecified atom stereocenters. The second kappa shape index (κ2) is 5.98. The average Bonchev–Trinajstić information content (AvgIpc) is 3.27. The van der Waals surface area contributed by atoms with Gasteiger partial charge in [-0.15, -0.1) is 5.10 Å². The number of aromatic nitrogens is 3. The highest BCUT2D eigenvalue weighted by Gasteiger charge is 2.31. The minimum absolute atomic E-state index is 0.243. The number of rotatable bonds is 4. The van der Waals surface area contributed by atoms with Gasteiger partial charge in [-0.05, 0) is 38.0 Å². The molecule has 0 bridgehead atoms. The summed E-state index contributed by atoms with van der Waals surface area (Å²) in [5, 5.41) is 5.72. The number of nitrogens with zero attached hydrogens (tertiary/aromatic N) is 4. The van der Waals surface area contributed by atoms with Crippen LogP contribution in [0.1, 0.15) is 30.1 Å². The SMILES string of the molecule is COc1ccc(OC)c([C@@H]2CCCN2c2nn3cc(C)nc3s2)c1. The molecule has 3 heterocycles. The number of aryl methyl sites for hydroxylation is 1. The Morgan fingerprint density at radius 2 is 2.12 bits per heavy atom. The third-order valence-electron chi connectivity index (χ3n) is 4.45. The Kier molecular flexibility index (Phi) is 3.80. The Morgan fingerprint density at radius 1 is 1.25 bits per heavy atom. The zero-order valence-electron chi connectivity index (χ0n) is 14.0. The van der Waals surface area contributed by atoms with Gasteiger partial charge >= 0.3 is 0 Å². The third kappa shape index (κ3) is 2.49. The van der Waals surface area contributed by atoms with Crippen LogP contribution >= 0.6 is 11.3 Å². The number of fused-ring (bicyclic) bond motifs is 1. The van der Waals surface area contributed by atoms with Gasteiger partial charge in [-0.1, -0.05) is 11.3 Å². The van der Waals surface area contributed by atoms with E-state index in [9.17, 15) is 0 Å². The fourth-order valence-corrected chi connectivity index (χ4v) is 4.34. The van der Waals surface area contributed by atoms with Gasteiger partial charge in [-0.25, -0.2) is 9.50 Å². The Balaban J connectivity index is 1.73. The summed E-state index contributed by atoms with van der Waals surface area (Å²) in [5.41, 5.74) is 2.14. The average molecular weight is 344 g/mol. The first kappa shape index (κ1) is 15.3. The first-order valence-electron chi connectivity index (χ1n) is 8.01.